The minimum Gasteiger partial charge on any atom is -0.461 e. The Bertz CT molecular complexity index is 593. The summed E-state index contributed by atoms with van der Waals surface area (Å²) < 4.78 is 6.40. The summed E-state index contributed by atoms with van der Waals surface area (Å²) in [6.07, 6.45) is 0. The lowest BCUT2D eigenvalue weighted by molar-refractivity contribution is 0.0519. The molecule has 0 amide bonds. The molecule has 0 bridgehead atoms. The van der Waals surface area contributed by atoms with Gasteiger partial charge in [0.05, 0.1) is 12.3 Å². The number of aryl methyl sites for hydroxylation is 2. The van der Waals surface area contributed by atoms with Crippen molar-refractivity contribution in [2.45, 2.75) is 34.6 Å². The van der Waals surface area contributed by atoms with E-state index in [1.165, 1.54) is 10.6 Å². The van der Waals surface area contributed by atoms with Gasteiger partial charge in [0.2, 0.25) is 0 Å². The number of fused-ring (bicyclic) bond motifs is 1. The van der Waals surface area contributed by atoms with E-state index in [9.17, 15) is 4.79 Å². The molecular formula is C13H18ClN3O2. The third kappa shape index (κ3) is 3.04. The largest absolute Gasteiger partial charge is 0.461 e. The van der Waals surface area contributed by atoms with E-state index >= 15 is 0 Å². The number of nitrogens with zero attached hydrogens (tertiary/aromatic N) is 3. The smallest absolute Gasteiger partial charge is 0.357 e. The lowest BCUT2D eigenvalue weighted by Crippen LogP contribution is -2.09. The van der Waals surface area contributed by atoms with Crippen molar-refractivity contribution in [3.63, 3.8) is 0 Å². The Morgan fingerprint density at radius 3 is 2.63 bits per heavy atom. The van der Waals surface area contributed by atoms with Crippen molar-refractivity contribution in [3.05, 3.63) is 28.2 Å². The van der Waals surface area contributed by atoms with Crippen LogP contribution >= 0.6 is 11.6 Å². The molecule has 0 saturated carbocycles. The first kappa shape index (κ1) is 15.4. The highest BCUT2D eigenvalue weighted by molar-refractivity contribution is 6.30. The summed E-state index contributed by atoms with van der Waals surface area (Å²) in [5, 5.41) is 4.57. The zero-order valence-electron chi connectivity index (χ0n) is 11.8. The molecule has 0 N–H and O–H groups in total. The third-order valence-corrected chi connectivity index (χ3v) is 2.77. The van der Waals surface area contributed by atoms with Gasteiger partial charge in [-0.3, -0.25) is 0 Å². The highest BCUT2D eigenvalue weighted by Crippen LogP contribution is 2.18. The van der Waals surface area contributed by atoms with Crippen LogP contribution in [0.3, 0.4) is 0 Å². The fourth-order valence-electron chi connectivity index (χ4n) is 1.50. The van der Waals surface area contributed by atoms with Gasteiger partial charge in [-0.15, -0.1) is 0 Å². The molecule has 0 aliphatic carbocycles. The number of rotatable bonds is 2. The molecule has 2 rings (SSSR count). The second kappa shape index (κ2) is 6.52. The summed E-state index contributed by atoms with van der Waals surface area (Å²) in [5.41, 5.74) is 2.52. The summed E-state index contributed by atoms with van der Waals surface area (Å²) in [7, 11) is 0. The minimum absolute atomic E-state index is 0.201. The van der Waals surface area contributed by atoms with E-state index in [1.54, 1.807) is 6.92 Å². The van der Waals surface area contributed by atoms with Crippen LogP contribution in [0.1, 0.15) is 42.5 Å². The third-order valence-electron chi connectivity index (χ3n) is 2.50. The van der Waals surface area contributed by atoms with Gasteiger partial charge in [0.25, 0.3) is 0 Å². The Morgan fingerprint density at radius 1 is 1.42 bits per heavy atom. The molecule has 0 unspecified atom stereocenters. The first-order valence-corrected chi connectivity index (χ1v) is 6.62. The fourth-order valence-corrected chi connectivity index (χ4v) is 1.72. The predicted octanol–water partition coefficient (Wildman–Crippen LogP) is 3.20. The van der Waals surface area contributed by atoms with Crippen LogP contribution in [0, 0.1) is 13.8 Å². The lowest BCUT2D eigenvalue weighted by atomic mass is 10.3. The summed E-state index contributed by atoms with van der Waals surface area (Å²) in [6, 6.07) is 1.46. The Hall–Kier alpha value is -1.62. The number of aromatic nitrogens is 3. The van der Waals surface area contributed by atoms with Crippen LogP contribution in [0.4, 0.5) is 0 Å². The molecule has 5 nitrogen and oxygen atoms in total. The van der Waals surface area contributed by atoms with E-state index < -0.39 is 5.97 Å². The van der Waals surface area contributed by atoms with Crippen molar-refractivity contribution in [1.29, 1.82) is 0 Å². The molecule has 0 aromatic carbocycles. The Labute approximate surface area is 117 Å². The van der Waals surface area contributed by atoms with Crippen molar-refractivity contribution in [1.82, 2.24) is 14.6 Å². The maximum Gasteiger partial charge on any atom is 0.357 e. The first-order valence-electron chi connectivity index (χ1n) is 6.24. The number of ether oxygens (including phenoxy) is 1. The molecule has 0 aliphatic heterocycles. The average Bonchev–Trinajstić information content (AvgIpc) is 2.69. The first-order chi connectivity index (χ1) is 9.04. The van der Waals surface area contributed by atoms with Gasteiger partial charge in [-0.2, -0.15) is 5.10 Å². The van der Waals surface area contributed by atoms with Gasteiger partial charge in [-0.1, -0.05) is 25.4 Å². The second-order valence-electron chi connectivity index (χ2n) is 3.63. The Balaban J connectivity index is 0.000000861. The summed E-state index contributed by atoms with van der Waals surface area (Å²) in [5.74, 6) is -0.477. The second-order valence-corrected chi connectivity index (χ2v) is 4.02. The van der Waals surface area contributed by atoms with Gasteiger partial charge in [-0.25, -0.2) is 14.3 Å². The monoisotopic (exact) mass is 283 g/mol. The molecule has 19 heavy (non-hydrogen) atoms. The van der Waals surface area contributed by atoms with E-state index in [1.807, 2.05) is 27.7 Å². The minimum atomic E-state index is -0.477. The molecule has 104 valence electrons. The standard InChI is InChI=1S/C11H12ClN3O2.C2H6/c1-4-17-11(16)8-5-9(12)15-10(13-8)6(2)7(3)14-15;1-2/h5H,4H2,1-3H3;1-2H3. The van der Waals surface area contributed by atoms with Crippen LogP contribution in [0.15, 0.2) is 6.07 Å². The number of carbonyl (C=O) groups excluding carboxylic acids is 1. The van der Waals surface area contributed by atoms with Crippen molar-refractivity contribution in [2.75, 3.05) is 6.61 Å². The molecule has 0 saturated heterocycles. The van der Waals surface area contributed by atoms with Crippen LogP contribution in [0.25, 0.3) is 5.65 Å². The van der Waals surface area contributed by atoms with Gasteiger partial charge < -0.3 is 4.74 Å². The van der Waals surface area contributed by atoms with E-state index in [-0.39, 0.29) is 5.69 Å². The van der Waals surface area contributed by atoms with Crippen molar-refractivity contribution < 1.29 is 9.53 Å². The maximum absolute atomic E-state index is 11.6. The predicted molar refractivity (Wildman–Crippen MR) is 74.8 cm³/mol. The normalized spacial score (nSPS) is 10.0. The van der Waals surface area contributed by atoms with Crippen LogP contribution in [0.5, 0.6) is 0 Å². The van der Waals surface area contributed by atoms with Crippen molar-refractivity contribution in [3.8, 4) is 0 Å². The molecule has 0 atom stereocenters. The van der Waals surface area contributed by atoms with Crippen molar-refractivity contribution in [2.24, 2.45) is 0 Å². The van der Waals surface area contributed by atoms with Gasteiger partial charge >= 0.3 is 5.97 Å². The number of hydrogen-bond acceptors (Lipinski definition) is 4. The van der Waals surface area contributed by atoms with Gasteiger partial charge in [0, 0.05) is 11.6 Å². The molecule has 0 spiro atoms. The number of halogens is 1. The summed E-state index contributed by atoms with van der Waals surface area (Å²) in [4.78, 5) is 15.8. The zero-order chi connectivity index (χ0) is 14.6. The van der Waals surface area contributed by atoms with E-state index in [0.717, 1.165) is 11.3 Å². The number of carbonyl (C=O) groups is 1. The molecule has 0 aliphatic rings. The average molecular weight is 284 g/mol. The van der Waals surface area contributed by atoms with Crippen molar-refractivity contribution >= 4 is 23.2 Å². The zero-order valence-corrected chi connectivity index (χ0v) is 12.6. The highest BCUT2D eigenvalue weighted by Gasteiger charge is 2.15. The molecular weight excluding hydrogens is 266 g/mol. The fraction of sp³-hybridized carbons (Fsp3) is 0.462. The Kier molecular flexibility index (Phi) is 5.30. The lowest BCUT2D eigenvalue weighted by Gasteiger charge is -2.03. The van der Waals surface area contributed by atoms with Gasteiger partial charge in [0.15, 0.2) is 11.3 Å². The van der Waals surface area contributed by atoms with Crippen LogP contribution in [0.2, 0.25) is 5.15 Å². The highest BCUT2D eigenvalue weighted by atomic mass is 35.5. The molecule has 2 heterocycles. The van der Waals surface area contributed by atoms with Gasteiger partial charge in [-0.05, 0) is 20.8 Å². The van der Waals surface area contributed by atoms with Crippen LogP contribution < -0.4 is 0 Å². The van der Waals surface area contributed by atoms with Crippen LogP contribution in [-0.4, -0.2) is 27.2 Å². The molecule has 0 radical (unpaired) electrons. The SMILES string of the molecule is CC.CCOC(=O)c1cc(Cl)n2nc(C)c(C)c2n1. The van der Waals surface area contributed by atoms with E-state index in [4.69, 9.17) is 16.3 Å². The van der Waals surface area contributed by atoms with Gasteiger partial charge in [0.1, 0.15) is 5.15 Å². The quantitative estimate of drug-likeness (QED) is 0.627. The topological polar surface area (TPSA) is 56.5 Å². The molecule has 6 heteroatoms. The van der Waals surface area contributed by atoms with E-state index in [0.29, 0.717) is 17.4 Å². The molecule has 2 aromatic rings. The van der Waals surface area contributed by atoms with E-state index in [2.05, 4.69) is 10.1 Å². The molecule has 0 fully saturated rings. The summed E-state index contributed by atoms with van der Waals surface area (Å²) >= 11 is 6.04. The van der Waals surface area contributed by atoms with Crippen LogP contribution in [-0.2, 0) is 4.74 Å². The molecule has 2 aromatic heterocycles. The maximum atomic E-state index is 11.6. The number of hydrogen-bond donors (Lipinski definition) is 0. The Morgan fingerprint density at radius 2 is 2.05 bits per heavy atom. The summed E-state index contributed by atoms with van der Waals surface area (Å²) in [6.45, 7) is 9.80. The number of esters is 1.